The number of aliphatic hydroxyl groups is 1. The van der Waals surface area contributed by atoms with Crippen molar-refractivity contribution in [2.24, 2.45) is 0 Å². The highest BCUT2D eigenvalue weighted by Gasteiger charge is 2.42. The number of carbonyl (C=O) groups excluding carboxylic acids is 2. The van der Waals surface area contributed by atoms with Crippen molar-refractivity contribution in [3.05, 3.63) is 60.9 Å². The fourth-order valence-corrected chi connectivity index (χ4v) is 9.35. The molecule has 25 heteroatoms. The lowest BCUT2D eigenvalue weighted by atomic mass is 10.1. The molecule has 0 saturated carbocycles. The molecule has 4 aliphatic rings. The quantitative estimate of drug-likeness (QED) is 0.119. The third kappa shape index (κ3) is 8.87. The molecule has 2 N–H and O–H groups in total. The van der Waals surface area contributed by atoms with E-state index in [1.165, 1.54) is 55.8 Å². The van der Waals surface area contributed by atoms with E-state index in [2.05, 4.69) is 35.3 Å². The summed E-state index contributed by atoms with van der Waals surface area (Å²) in [5, 5.41) is 23.1. The van der Waals surface area contributed by atoms with Crippen molar-refractivity contribution in [2.45, 2.75) is 75.3 Å². The summed E-state index contributed by atoms with van der Waals surface area (Å²) in [5.41, 5.74) is 1.16. The highest BCUT2D eigenvalue weighted by Crippen LogP contribution is 2.40. The monoisotopic (exact) mass is 951 g/mol. The molecule has 8 heterocycles. The summed E-state index contributed by atoms with van der Waals surface area (Å²) in [7, 11) is 1.28. The standard InChI is InChI=1S/C43H43F6N13O6/c1-57(40(64)52-26-6-2-24(3-7-26)34-53-36-32(16-50-58(36)22-42(44,45)46)38(55-34)61-27-8-9-28(61)19-66-18-27)60(14-15-63)41(65)68-31-12-4-25(5-13-31)35-54-37-33(17-51-59(37)23-43(47,48)49)39(56-35)62-29-10-11-30(62)21-67-20-29/h2-7,12-13,16-17,27-30,63H,8-11,14-15,18-23H2,1H3,(H,52,64). The van der Waals surface area contributed by atoms with Crippen molar-refractivity contribution in [1.29, 1.82) is 0 Å². The Morgan fingerprint density at radius 1 is 0.706 bits per heavy atom. The van der Waals surface area contributed by atoms with Gasteiger partial charge in [-0.25, -0.2) is 48.9 Å². The number of ether oxygens (including phenoxy) is 3. The molecule has 2 aromatic carbocycles. The number of nitrogens with one attached hydrogen (secondary N) is 1. The van der Waals surface area contributed by atoms with Crippen LogP contribution < -0.4 is 19.9 Å². The van der Waals surface area contributed by atoms with Crippen molar-refractivity contribution in [3.8, 4) is 28.5 Å². The highest BCUT2D eigenvalue weighted by atomic mass is 19.4. The second kappa shape index (κ2) is 17.7. The Balaban J connectivity index is 0.843. The fraction of sp³-hybridized carbons (Fsp3) is 0.442. The van der Waals surface area contributed by atoms with E-state index < -0.39 is 44.2 Å². The van der Waals surface area contributed by atoms with E-state index in [0.717, 1.165) is 45.1 Å². The van der Waals surface area contributed by atoms with Crippen molar-refractivity contribution < 1.29 is 55.2 Å². The first-order valence-corrected chi connectivity index (χ1v) is 21.8. The van der Waals surface area contributed by atoms with Crippen LogP contribution in [0, 0.1) is 0 Å². The van der Waals surface area contributed by atoms with Gasteiger partial charge in [0, 0.05) is 23.9 Å². The number of alkyl halides is 6. The third-order valence-corrected chi connectivity index (χ3v) is 12.5. The lowest BCUT2D eigenvalue weighted by Gasteiger charge is -2.36. The van der Waals surface area contributed by atoms with E-state index in [1.807, 2.05) is 0 Å². The molecule has 10 rings (SSSR count). The number of nitrogens with zero attached hydrogens (tertiary/aromatic N) is 12. The van der Waals surface area contributed by atoms with Gasteiger partial charge in [0.15, 0.2) is 22.9 Å². The van der Waals surface area contributed by atoms with Crippen molar-refractivity contribution in [2.75, 3.05) is 61.7 Å². The van der Waals surface area contributed by atoms with Gasteiger partial charge < -0.3 is 34.4 Å². The Labute approximate surface area is 382 Å². The molecule has 0 radical (unpaired) electrons. The topological polar surface area (TPSA) is 194 Å². The average molecular weight is 952 g/mol. The molecular formula is C43H43F6N13O6. The number of aromatic nitrogens is 8. The van der Waals surface area contributed by atoms with Crippen molar-refractivity contribution >= 4 is 51.5 Å². The van der Waals surface area contributed by atoms with Crippen molar-refractivity contribution in [1.82, 2.24) is 49.5 Å². The number of hydrogen-bond acceptors (Lipinski definition) is 14. The van der Waals surface area contributed by atoms with Crippen LogP contribution in [0.3, 0.4) is 0 Å². The Hall–Kier alpha value is -6.86. The van der Waals surface area contributed by atoms with Gasteiger partial charge in [-0.05, 0) is 74.2 Å². The largest absolute Gasteiger partial charge is 0.434 e. The van der Waals surface area contributed by atoms with Crippen molar-refractivity contribution in [3.63, 3.8) is 0 Å². The summed E-state index contributed by atoms with van der Waals surface area (Å²) in [5.74, 6) is 1.22. The Kier molecular flexibility index (Phi) is 11.7. The predicted octanol–water partition coefficient (Wildman–Crippen LogP) is 6.03. The molecule has 4 bridgehead atoms. The summed E-state index contributed by atoms with van der Waals surface area (Å²) in [6.07, 6.45) is -4.09. The molecule has 3 amide bonds. The minimum Gasteiger partial charge on any atom is -0.409 e. The molecule has 4 aromatic heterocycles. The minimum atomic E-state index is -4.56. The molecular weight excluding hydrogens is 909 g/mol. The third-order valence-electron chi connectivity index (χ3n) is 12.5. The molecule has 4 saturated heterocycles. The first-order valence-electron chi connectivity index (χ1n) is 21.8. The molecule has 4 atom stereocenters. The number of benzene rings is 2. The summed E-state index contributed by atoms with van der Waals surface area (Å²) in [4.78, 5) is 49.8. The number of fused-ring (bicyclic) bond motifs is 6. The number of anilines is 3. The summed E-state index contributed by atoms with van der Waals surface area (Å²) in [6.45, 7) is -1.77. The second-order valence-corrected chi connectivity index (χ2v) is 17.0. The molecule has 358 valence electrons. The van der Waals surface area contributed by atoms with Crippen LogP contribution in [0.4, 0.5) is 53.3 Å². The maximum Gasteiger partial charge on any atom is 0.434 e. The normalized spacial score (nSPS) is 20.4. The highest BCUT2D eigenvalue weighted by molar-refractivity contribution is 5.92. The molecule has 4 unspecified atom stereocenters. The number of halogens is 6. The van der Waals surface area contributed by atoms with Crippen LogP contribution in [-0.2, 0) is 22.6 Å². The molecule has 4 fully saturated rings. The first kappa shape index (κ1) is 44.9. The number of urea groups is 1. The zero-order valence-corrected chi connectivity index (χ0v) is 36.2. The molecule has 19 nitrogen and oxygen atoms in total. The first-order chi connectivity index (χ1) is 32.6. The number of amides is 3. The van der Waals surface area contributed by atoms with E-state index in [9.17, 15) is 41.0 Å². The summed E-state index contributed by atoms with van der Waals surface area (Å²) in [6, 6.07) is 11.4. The second-order valence-electron chi connectivity index (χ2n) is 17.0. The average Bonchev–Trinajstić information content (AvgIpc) is 4.03. The van der Waals surface area contributed by atoms with Gasteiger partial charge in [-0.3, -0.25) is 0 Å². The van der Waals surface area contributed by atoms with Gasteiger partial charge in [0.25, 0.3) is 0 Å². The number of rotatable bonds is 10. The van der Waals surface area contributed by atoms with Gasteiger partial charge in [0.2, 0.25) is 0 Å². The van der Waals surface area contributed by atoms with E-state index in [1.54, 1.807) is 12.1 Å². The number of aliphatic hydroxyl groups excluding tert-OH is 1. The maximum absolute atomic E-state index is 13.6. The predicted molar refractivity (Wildman–Crippen MR) is 230 cm³/mol. The van der Waals surface area contributed by atoms with Gasteiger partial charge in [0.05, 0.1) is 86.9 Å². The minimum absolute atomic E-state index is 0.00751. The van der Waals surface area contributed by atoms with Crippen LogP contribution in [-0.4, -0.2) is 150 Å². The lowest BCUT2D eigenvalue weighted by Crippen LogP contribution is -2.51. The van der Waals surface area contributed by atoms with E-state index in [4.69, 9.17) is 24.2 Å². The molecule has 6 aromatic rings. The van der Waals surface area contributed by atoms with Crippen LogP contribution in [0.2, 0.25) is 0 Å². The smallest absolute Gasteiger partial charge is 0.409 e. The number of hydrogen-bond donors (Lipinski definition) is 2. The Bertz CT molecular complexity index is 2810. The van der Waals surface area contributed by atoms with Gasteiger partial charge in [-0.15, -0.1) is 0 Å². The molecule has 4 aliphatic heterocycles. The van der Waals surface area contributed by atoms with E-state index in [0.29, 0.717) is 60.0 Å². The number of morpholine rings is 2. The Morgan fingerprint density at radius 3 is 1.57 bits per heavy atom. The SMILES string of the molecule is CN(C(=O)Nc1ccc(-c2nc(N3C4CCC3COC4)c3cnn(CC(F)(F)F)c3n2)cc1)N(CCO)C(=O)Oc1ccc(-c2nc(N3C4CCC3COC4)c3cnn(CC(F)(F)F)c3n2)cc1. The van der Waals surface area contributed by atoms with Crippen LogP contribution >= 0.6 is 0 Å². The molecule has 0 spiro atoms. The molecule has 68 heavy (non-hydrogen) atoms. The van der Waals surface area contributed by atoms with Gasteiger partial charge >= 0.3 is 24.5 Å². The van der Waals surface area contributed by atoms with Crippen LogP contribution in [0.1, 0.15) is 25.7 Å². The number of hydrazine groups is 1. The van der Waals surface area contributed by atoms with Gasteiger partial charge in [-0.1, -0.05) is 0 Å². The van der Waals surface area contributed by atoms with Gasteiger partial charge in [-0.2, -0.15) is 36.5 Å². The summed E-state index contributed by atoms with van der Waals surface area (Å²) < 4.78 is 100. The van der Waals surface area contributed by atoms with Crippen LogP contribution in [0.25, 0.3) is 44.8 Å². The fourth-order valence-electron chi connectivity index (χ4n) is 9.35. The van der Waals surface area contributed by atoms with Crippen LogP contribution in [0.15, 0.2) is 60.9 Å². The zero-order chi connectivity index (χ0) is 47.5. The van der Waals surface area contributed by atoms with E-state index >= 15 is 0 Å². The lowest BCUT2D eigenvalue weighted by molar-refractivity contribution is -0.142. The maximum atomic E-state index is 13.6. The zero-order valence-electron chi connectivity index (χ0n) is 36.2. The Morgan fingerprint density at radius 2 is 1.15 bits per heavy atom. The van der Waals surface area contributed by atoms with Gasteiger partial charge in [0.1, 0.15) is 30.5 Å². The number of carbonyl (C=O) groups is 2. The summed E-state index contributed by atoms with van der Waals surface area (Å²) >= 11 is 0. The van der Waals surface area contributed by atoms with Crippen LogP contribution in [0.5, 0.6) is 5.75 Å². The van der Waals surface area contributed by atoms with E-state index in [-0.39, 0.29) is 65.1 Å². The molecule has 0 aliphatic carbocycles.